The van der Waals surface area contributed by atoms with Crippen molar-refractivity contribution in [2.24, 2.45) is 0 Å². The van der Waals surface area contributed by atoms with E-state index in [1.165, 1.54) is 81.7 Å². The SMILES string of the molecule is c1ccc(C[Si](CC[Si](Cc2ccccc2)(Cc2ccccc2)Cc2ccccc2)(Cc2ccccc2)Cc2ccccc2)cc1. The van der Waals surface area contributed by atoms with Crippen molar-refractivity contribution in [3.63, 3.8) is 0 Å². The van der Waals surface area contributed by atoms with E-state index < -0.39 is 16.1 Å². The van der Waals surface area contributed by atoms with Crippen molar-refractivity contribution in [3.8, 4) is 0 Å². The lowest BCUT2D eigenvalue weighted by molar-refractivity contribution is 1.02. The van der Waals surface area contributed by atoms with Gasteiger partial charge >= 0.3 is 0 Å². The standard InChI is InChI=1S/C44H46Si2/c1-7-19-39(20-8-1)33-45(34-40-21-9-2-10-22-40,35-41-23-11-3-12-24-41)31-32-46(36-42-25-13-4-14-26-42,37-43-27-15-5-16-28-43)38-44-29-17-6-18-30-44/h1-30H,31-38H2. The molecule has 0 saturated heterocycles. The van der Waals surface area contributed by atoms with E-state index >= 15 is 0 Å². The van der Waals surface area contributed by atoms with Crippen LogP contribution in [0.5, 0.6) is 0 Å². The van der Waals surface area contributed by atoms with Crippen LogP contribution < -0.4 is 0 Å². The first-order valence-corrected chi connectivity index (χ1v) is 22.6. The van der Waals surface area contributed by atoms with E-state index in [9.17, 15) is 0 Å². The molecule has 0 aliphatic rings. The summed E-state index contributed by atoms with van der Waals surface area (Å²) in [5.74, 6) is 0. The molecule has 46 heavy (non-hydrogen) atoms. The lowest BCUT2D eigenvalue weighted by Crippen LogP contribution is -2.49. The lowest BCUT2D eigenvalue weighted by Gasteiger charge is -2.39. The molecular weight excluding hydrogens is 585 g/mol. The molecule has 0 N–H and O–H groups in total. The second-order valence-electron chi connectivity index (χ2n) is 13.5. The summed E-state index contributed by atoms with van der Waals surface area (Å²) in [6.45, 7) is 0. The van der Waals surface area contributed by atoms with Gasteiger partial charge < -0.3 is 0 Å². The highest BCUT2D eigenvalue weighted by Gasteiger charge is 2.40. The molecule has 0 nitrogen and oxygen atoms in total. The van der Waals surface area contributed by atoms with Gasteiger partial charge in [0.15, 0.2) is 0 Å². The van der Waals surface area contributed by atoms with Crippen LogP contribution in [0, 0.1) is 0 Å². The Kier molecular flexibility index (Phi) is 10.9. The fourth-order valence-electron chi connectivity index (χ4n) is 7.61. The Morgan fingerprint density at radius 2 is 0.370 bits per heavy atom. The third-order valence-corrected chi connectivity index (χ3v) is 19.8. The van der Waals surface area contributed by atoms with Crippen molar-refractivity contribution in [1.82, 2.24) is 0 Å². The monoisotopic (exact) mass is 630 g/mol. The van der Waals surface area contributed by atoms with Gasteiger partial charge in [-0.25, -0.2) is 0 Å². The highest BCUT2D eigenvalue weighted by molar-refractivity contribution is 6.83. The van der Waals surface area contributed by atoms with Crippen LogP contribution in [0.15, 0.2) is 182 Å². The fraction of sp³-hybridized carbons (Fsp3) is 0.182. The van der Waals surface area contributed by atoms with Gasteiger partial charge in [0, 0.05) is 0 Å². The van der Waals surface area contributed by atoms with Gasteiger partial charge in [0.05, 0.1) is 16.1 Å². The molecule has 6 aromatic carbocycles. The van der Waals surface area contributed by atoms with Crippen LogP contribution in [-0.4, -0.2) is 16.1 Å². The van der Waals surface area contributed by atoms with Crippen LogP contribution >= 0.6 is 0 Å². The molecule has 0 spiro atoms. The van der Waals surface area contributed by atoms with Gasteiger partial charge in [-0.15, -0.1) is 0 Å². The van der Waals surface area contributed by atoms with Crippen molar-refractivity contribution in [1.29, 1.82) is 0 Å². The molecule has 0 unspecified atom stereocenters. The predicted molar refractivity (Wildman–Crippen MR) is 202 cm³/mol. The normalized spacial score (nSPS) is 11.7. The van der Waals surface area contributed by atoms with E-state index in [4.69, 9.17) is 0 Å². The second-order valence-corrected chi connectivity index (χ2v) is 22.6. The van der Waals surface area contributed by atoms with Crippen LogP contribution in [0.2, 0.25) is 12.1 Å². The topological polar surface area (TPSA) is 0 Å². The minimum atomic E-state index is -1.94. The van der Waals surface area contributed by atoms with E-state index in [2.05, 4.69) is 182 Å². The van der Waals surface area contributed by atoms with Gasteiger partial charge in [-0.3, -0.25) is 0 Å². The molecule has 6 aromatic rings. The molecule has 0 aliphatic heterocycles. The third-order valence-electron chi connectivity index (χ3n) is 9.72. The van der Waals surface area contributed by atoms with Gasteiger partial charge in [0.1, 0.15) is 0 Å². The Balaban J connectivity index is 1.44. The molecule has 0 aromatic heterocycles. The average molecular weight is 631 g/mol. The van der Waals surface area contributed by atoms with Gasteiger partial charge in [-0.1, -0.05) is 227 Å². The van der Waals surface area contributed by atoms with Crippen molar-refractivity contribution in [2.75, 3.05) is 0 Å². The first-order chi connectivity index (χ1) is 22.7. The summed E-state index contributed by atoms with van der Waals surface area (Å²) in [4.78, 5) is 0. The van der Waals surface area contributed by atoms with Crippen molar-refractivity contribution >= 4 is 16.1 Å². The van der Waals surface area contributed by atoms with Crippen LogP contribution in [-0.2, 0) is 36.3 Å². The number of hydrogen-bond acceptors (Lipinski definition) is 0. The Labute approximate surface area is 278 Å². The summed E-state index contributed by atoms with van der Waals surface area (Å²) in [5.41, 5.74) is 9.01. The molecule has 0 bridgehead atoms. The van der Waals surface area contributed by atoms with Crippen LogP contribution in [0.4, 0.5) is 0 Å². The van der Waals surface area contributed by atoms with E-state index in [0.717, 1.165) is 0 Å². The molecule has 0 aliphatic carbocycles. The van der Waals surface area contributed by atoms with Gasteiger partial charge in [0.25, 0.3) is 0 Å². The molecule has 0 fully saturated rings. The Bertz CT molecular complexity index is 1370. The smallest absolute Gasteiger partial charge is 0.0622 e. The van der Waals surface area contributed by atoms with Crippen LogP contribution in [0.3, 0.4) is 0 Å². The van der Waals surface area contributed by atoms with E-state index in [-0.39, 0.29) is 0 Å². The predicted octanol–water partition coefficient (Wildman–Crippen LogP) is 10.6. The van der Waals surface area contributed by atoms with Crippen molar-refractivity contribution < 1.29 is 0 Å². The zero-order valence-corrected chi connectivity index (χ0v) is 29.0. The minimum absolute atomic E-state index is 1.21. The molecule has 0 saturated carbocycles. The maximum atomic E-state index is 2.38. The summed E-state index contributed by atoms with van der Waals surface area (Å²) in [5, 5.41) is 0. The zero-order chi connectivity index (χ0) is 31.3. The minimum Gasteiger partial charge on any atom is -0.0622 e. The van der Waals surface area contributed by atoms with Crippen LogP contribution in [0.1, 0.15) is 33.4 Å². The average Bonchev–Trinajstić information content (AvgIpc) is 3.10. The van der Waals surface area contributed by atoms with Gasteiger partial charge in [0.2, 0.25) is 0 Å². The first kappa shape index (κ1) is 31.7. The number of rotatable bonds is 15. The van der Waals surface area contributed by atoms with Gasteiger partial charge in [-0.2, -0.15) is 0 Å². The molecular formula is C44H46Si2. The van der Waals surface area contributed by atoms with E-state index in [0.29, 0.717) is 0 Å². The summed E-state index contributed by atoms with van der Waals surface area (Å²) < 4.78 is 0. The Hall–Kier alpha value is -4.25. The molecule has 6 rings (SSSR count). The maximum Gasteiger partial charge on any atom is 0.0663 e. The zero-order valence-electron chi connectivity index (χ0n) is 27.0. The summed E-state index contributed by atoms with van der Waals surface area (Å²) in [6.07, 6.45) is 0. The summed E-state index contributed by atoms with van der Waals surface area (Å²) in [6, 6.07) is 78.3. The first-order valence-electron chi connectivity index (χ1n) is 16.9. The molecule has 0 heterocycles. The molecule has 0 amide bonds. The number of hydrogen-bond donors (Lipinski definition) is 0. The van der Waals surface area contributed by atoms with Crippen molar-refractivity contribution in [3.05, 3.63) is 215 Å². The van der Waals surface area contributed by atoms with Crippen LogP contribution in [0.25, 0.3) is 0 Å². The second kappa shape index (κ2) is 15.8. The Morgan fingerprint density at radius 1 is 0.217 bits per heavy atom. The highest BCUT2D eigenvalue weighted by atomic mass is 28.3. The van der Waals surface area contributed by atoms with Gasteiger partial charge in [-0.05, 0) is 36.3 Å². The number of benzene rings is 6. The lowest BCUT2D eigenvalue weighted by atomic mass is 10.2. The van der Waals surface area contributed by atoms with Crippen molar-refractivity contribution in [2.45, 2.75) is 48.4 Å². The molecule has 230 valence electrons. The quantitative estimate of drug-likeness (QED) is 0.0991. The maximum absolute atomic E-state index is 2.38. The summed E-state index contributed by atoms with van der Waals surface area (Å²) in [7, 11) is -3.89. The third kappa shape index (κ3) is 9.16. The fourth-order valence-corrected chi connectivity index (χ4v) is 20.3. The molecule has 0 radical (unpaired) electrons. The molecule has 2 heteroatoms. The van der Waals surface area contributed by atoms with E-state index in [1.54, 1.807) is 0 Å². The summed E-state index contributed by atoms with van der Waals surface area (Å²) >= 11 is 0. The van der Waals surface area contributed by atoms with E-state index in [1.807, 2.05) is 0 Å². The largest absolute Gasteiger partial charge is 0.0663 e. The molecule has 0 atom stereocenters. The highest BCUT2D eigenvalue weighted by Crippen LogP contribution is 2.35. The Morgan fingerprint density at radius 3 is 0.522 bits per heavy atom.